The Labute approximate surface area is 118 Å². The molecule has 110 valence electrons. The van der Waals surface area contributed by atoms with E-state index in [4.69, 9.17) is 0 Å². The molecule has 1 N–H and O–H groups in total. The Hall–Kier alpha value is -2.57. The summed E-state index contributed by atoms with van der Waals surface area (Å²) < 4.78 is 39.6. The number of halogens is 3. The molecule has 0 aromatic heterocycles. The summed E-state index contributed by atoms with van der Waals surface area (Å²) in [5, 5.41) is 13.5. The zero-order valence-corrected chi connectivity index (χ0v) is 10.9. The summed E-state index contributed by atoms with van der Waals surface area (Å²) in [6.45, 7) is 1.64. The zero-order chi connectivity index (χ0) is 15.6. The SMILES string of the molecule is CC(Nc1cc(F)cc(F)c1[N+](=O)[O-])c1ccc(F)cc1. The molecule has 0 saturated heterocycles. The van der Waals surface area contributed by atoms with Gasteiger partial charge in [-0.05, 0) is 24.6 Å². The molecular formula is C14H11F3N2O2. The summed E-state index contributed by atoms with van der Waals surface area (Å²) in [5.74, 6) is -2.60. The van der Waals surface area contributed by atoms with E-state index in [1.54, 1.807) is 6.92 Å². The van der Waals surface area contributed by atoms with Gasteiger partial charge in [-0.15, -0.1) is 0 Å². The third-order valence-electron chi connectivity index (χ3n) is 2.95. The highest BCUT2D eigenvalue weighted by Gasteiger charge is 2.23. The van der Waals surface area contributed by atoms with Crippen LogP contribution >= 0.6 is 0 Å². The zero-order valence-electron chi connectivity index (χ0n) is 10.9. The molecule has 2 aromatic rings. The minimum Gasteiger partial charge on any atom is -0.373 e. The van der Waals surface area contributed by atoms with E-state index in [2.05, 4.69) is 5.32 Å². The number of hydrogen-bond acceptors (Lipinski definition) is 3. The van der Waals surface area contributed by atoms with Crippen molar-refractivity contribution in [1.82, 2.24) is 0 Å². The number of anilines is 1. The van der Waals surface area contributed by atoms with Gasteiger partial charge < -0.3 is 5.32 Å². The molecule has 0 aliphatic carbocycles. The van der Waals surface area contributed by atoms with E-state index >= 15 is 0 Å². The van der Waals surface area contributed by atoms with Crippen molar-refractivity contribution in [3.8, 4) is 0 Å². The van der Waals surface area contributed by atoms with Crippen LogP contribution in [0.25, 0.3) is 0 Å². The molecule has 2 aromatic carbocycles. The average Bonchev–Trinajstić information content (AvgIpc) is 2.37. The van der Waals surface area contributed by atoms with Gasteiger partial charge in [0.25, 0.3) is 0 Å². The Morgan fingerprint density at radius 1 is 1.10 bits per heavy atom. The lowest BCUT2D eigenvalue weighted by Gasteiger charge is -2.16. The molecule has 0 heterocycles. The quantitative estimate of drug-likeness (QED) is 0.680. The topological polar surface area (TPSA) is 55.2 Å². The summed E-state index contributed by atoms with van der Waals surface area (Å²) in [6.07, 6.45) is 0. The van der Waals surface area contributed by atoms with E-state index < -0.39 is 34.1 Å². The number of benzene rings is 2. The number of nitro groups is 1. The maximum absolute atomic E-state index is 13.5. The van der Waals surface area contributed by atoms with Crippen molar-refractivity contribution in [2.24, 2.45) is 0 Å². The van der Waals surface area contributed by atoms with Crippen molar-refractivity contribution in [1.29, 1.82) is 0 Å². The molecule has 0 saturated carbocycles. The average molecular weight is 296 g/mol. The molecule has 0 bridgehead atoms. The summed E-state index contributed by atoms with van der Waals surface area (Å²) >= 11 is 0. The van der Waals surface area contributed by atoms with Crippen LogP contribution in [-0.4, -0.2) is 4.92 Å². The first-order chi connectivity index (χ1) is 9.88. The second kappa shape index (κ2) is 5.82. The first kappa shape index (κ1) is 14.8. The van der Waals surface area contributed by atoms with Crippen molar-refractivity contribution in [2.75, 3.05) is 5.32 Å². The number of rotatable bonds is 4. The maximum Gasteiger partial charge on any atom is 0.327 e. The monoisotopic (exact) mass is 296 g/mol. The minimum atomic E-state index is -1.26. The second-order valence-electron chi connectivity index (χ2n) is 4.46. The van der Waals surface area contributed by atoms with Crippen molar-refractivity contribution in [2.45, 2.75) is 13.0 Å². The van der Waals surface area contributed by atoms with Crippen molar-refractivity contribution < 1.29 is 18.1 Å². The first-order valence-electron chi connectivity index (χ1n) is 6.04. The van der Waals surface area contributed by atoms with Crippen LogP contribution in [0.2, 0.25) is 0 Å². The van der Waals surface area contributed by atoms with Gasteiger partial charge in [-0.25, -0.2) is 8.78 Å². The second-order valence-corrected chi connectivity index (χ2v) is 4.46. The number of nitrogens with zero attached hydrogens (tertiary/aromatic N) is 1. The fourth-order valence-corrected chi connectivity index (χ4v) is 1.93. The highest BCUT2D eigenvalue weighted by atomic mass is 19.1. The fourth-order valence-electron chi connectivity index (χ4n) is 1.93. The summed E-state index contributed by atoms with van der Waals surface area (Å²) in [6, 6.07) is 6.23. The van der Waals surface area contributed by atoms with Gasteiger partial charge in [-0.2, -0.15) is 4.39 Å². The lowest BCUT2D eigenvalue weighted by molar-refractivity contribution is -0.386. The summed E-state index contributed by atoms with van der Waals surface area (Å²) in [7, 11) is 0. The number of nitrogens with one attached hydrogen (secondary N) is 1. The molecule has 0 radical (unpaired) electrons. The van der Waals surface area contributed by atoms with Crippen molar-refractivity contribution >= 4 is 11.4 Å². The lowest BCUT2D eigenvalue weighted by Crippen LogP contribution is -2.09. The third-order valence-corrected chi connectivity index (χ3v) is 2.95. The van der Waals surface area contributed by atoms with Gasteiger partial charge in [-0.3, -0.25) is 10.1 Å². The molecule has 4 nitrogen and oxygen atoms in total. The van der Waals surface area contributed by atoms with Crippen LogP contribution in [0.5, 0.6) is 0 Å². The van der Waals surface area contributed by atoms with E-state index in [0.717, 1.165) is 6.07 Å². The molecular weight excluding hydrogens is 285 g/mol. The van der Waals surface area contributed by atoms with Crippen LogP contribution < -0.4 is 5.32 Å². The van der Waals surface area contributed by atoms with Crippen LogP contribution in [0.1, 0.15) is 18.5 Å². The first-order valence-corrected chi connectivity index (χ1v) is 6.04. The summed E-state index contributed by atoms with van der Waals surface area (Å²) in [4.78, 5) is 9.95. The molecule has 1 atom stereocenters. The van der Waals surface area contributed by atoms with Gasteiger partial charge in [0.1, 0.15) is 17.3 Å². The predicted octanol–water partition coefficient (Wildman–Crippen LogP) is 4.19. The standard InChI is InChI=1S/C14H11F3N2O2/c1-8(9-2-4-10(15)5-3-9)18-13-7-11(16)6-12(17)14(13)19(20)21/h2-8,18H,1H3. The van der Waals surface area contributed by atoms with Crippen LogP contribution in [0.3, 0.4) is 0 Å². The van der Waals surface area contributed by atoms with Gasteiger partial charge in [0.2, 0.25) is 5.82 Å². The molecule has 0 fully saturated rings. The van der Waals surface area contributed by atoms with E-state index in [0.29, 0.717) is 11.6 Å². The maximum atomic E-state index is 13.5. The fraction of sp³-hybridized carbons (Fsp3) is 0.143. The Morgan fingerprint density at radius 2 is 1.71 bits per heavy atom. The smallest absolute Gasteiger partial charge is 0.327 e. The Bertz CT molecular complexity index is 675. The van der Waals surface area contributed by atoms with Gasteiger partial charge >= 0.3 is 5.69 Å². The van der Waals surface area contributed by atoms with Crippen LogP contribution in [0, 0.1) is 27.6 Å². The van der Waals surface area contributed by atoms with Gasteiger partial charge in [0, 0.05) is 18.2 Å². The number of nitro benzene ring substituents is 1. The highest BCUT2D eigenvalue weighted by molar-refractivity contribution is 5.63. The molecule has 21 heavy (non-hydrogen) atoms. The van der Waals surface area contributed by atoms with Crippen LogP contribution in [-0.2, 0) is 0 Å². The van der Waals surface area contributed by atoms with E-state index in [1.165, 1.54) is 24.3 Å². The van der Waals surface area contributed by atoms with Gasteiger partial charge in [-0.1, -0.05) is 12.1 Å². The Balaban J connectivity index is 2.34. The van der Waals surface area contributed by atoms with Crippen molar-refractivity contribution in [3.05, 3.63) is 69.5 Å². The molecule has 1 unspecified atom stereocenters. The largest absolute Gasteiger partial charge is 0.373 e. The van der Waals surface area contributed by atoms with Gasteiger partial charge in [0.15, 0.2) is 0 Å². The third kappa shape index (κ3) is 3.31. The summed E-state index contributed by atoms with van der Waals surface area (Å²) in [5.41, 5.74) is -0.477. The van der Waals surface area contributed by atoms with E-state index in [1.807, 2.05) is 0 Å². The predicted molar refractivity (Wildman–Crippen MR) is 71.5 cm³/mol. The highest BCUT2D eigenvalue weighted by Crippen LogP contribution is 2.31. The van der Waals surface area contributed by atoms with E-state index in [9.17, 15) is 23.3 Å². The Kier molecular flexibility index (Phi) is 4.11. The van der Waals surface area contributed by atoms with Crippen LogP contribution in [0.15, 0.2) is 36.4 Å². The lowest BCUT2D eigenvalue weighted by atomic mass is 10.1. The molecule has 0 amide bonds. The molecule has 7 heteroatoms. The van der Waals surface area contributed by atoms with Gasteiger partial charge in [0.05, 0.1) is 4.92 Å². The van der Waals surface area contributed by atoms with Crippen molar-refractivity contribution in [3.63, 3.8) is 0 Å². The minimum absolute atomic E-state index is 0.269. The molecule has 0 aliphatic rings. The number of hydrogen-bond donors (Lipinski definition) is 1. The van der Waals surface area contributed by atoms with E-state index in [-0.39, 0.29) is 5.69 Å². The molecule has 0 aliphatic heterocycles. The van der Waals surface area contributed by atoms with Crippen LogP contribution in [0.4, 0.5) is 24.5 Å². The Morgan fingerprint density at radius 3 is 2.29 bits per heavy atom. The molecule has 0 spiro atoms. The molecule has 2 rings (SSSR count). The normalized spacial score (nSPS) is 12.0.